The van der Waals surface area contributed by atoms with Crippen LogP contribution in [0.1, 0.15) is 104 Å². The average molecular weight is 387 g/mol. The molecule has 0 radical (unpaired) electrons. The Bertz CT molecular complexity index is 286. The van der Waals surface area contributed by atoms with Crippen LogP contribution in [0.3, 0.4) is 0 Å². The van der Waals surface area contributed by atoms with Gasteiger partial charge in [0.05, 0.1) is 12.9 Å². The molecule has 0 fully saturated rings. The minimum atomic E-state index is -0.0369. The molecule has 4 nitrogen and oxygen atoms in total. The molecule has 0 aliphatic carbocycles. The number of allylic oxidation sites excluding steroid dienone is 1. The van der Waals surface area contributed by atoms with E-state index in [4.69, 9.17) is 18.9 Å². The summed E-state index contributed by atoms with van der Waals surface area (Å²) in [5.74, 6) is 0. The third-order valence-corrected chi connectivity index (χ3v) is 4.31. The van der Waals surface area contributed by atoms with Crippen molar-refractivity contribution in [2.45, 2.75) is 111 Å². The quantitative estimate of drug-likeness (QED) is 0.114. The number of rotatable bonds is 22. The standard InChI is InChI=1S/C23H46O4/c1-4-7-8-9-10-12-15-20-24-22-25-21-16-13-11-14-17-23(26-18-5-2)27-19-6-3/h16,21,23H,4-15,17-20,22H2,1-3H3. The topological polar surface area (TPSA) is 36.9 Å². The van der Waals surface area contributed by atoms with Gasteiger partial charge in [-0.3, -0.25) is 0 Å². The van der Waals surface area contributed by atoms with E-state index in [2.05, 4.69) is 26.8 Å². The maximum Gasteiger partial charge on any atom is 0.188 e. The second-order valence-electron chi connectivity index (χ2n) is 7.14. The fourth-order valence-electron chi connectivity index (χ4n) is 2.73. The van der Waals surface area contributed by atoms with Crippen molar-refractivity contribution in [3.63, 3.8) is 0 Å². The first-order valence-corrected chi connectivity index (χ1v) is 11.4. The Kier molecular flexibility index (Phi) is 23.0. The largest absolute Gasteiger partial charge is 0.475 e. The van der Waals surface area contributed by atoms with Gasteiger partial charge in [0, 0.05) is 13.2 Å². The molecule has 0 aliphatic heterocycles. The fourth-order valence-corrected chi connectivity index (χ4v) is 2.73. The fraction of sp³-hybridized carbons (Fsp3) is 0.913. The lowest BCUT2D eigenvalue weighted by Crippen LogP contribution is -2.18. The van der Waals surface area contributed by atoms with Crippen molar-refractivity contribution < 1.29 is 18.9 Å². The number of hydrogen-bond donors (Lipinski definition) is 0. The van der Waals surface area contributed by atoms with Crippen LogP contribution < -0.4 is 0 Å². The first-order valence-electron chi connectivity index (χ1n) is 11.4. The van der Waals surface area contributed by atoms with Crippen LogP contribution in [-0.2, 0) is 18.9 Å². The summed E-state index contributed by atoms with van der Waals surface area (Å²) >= 11 is 0. The Morgan fingerprint density at radius 3 is 2.00 bits per heavy atom. The predicted molar refractivity (Wildman–Crippen MR) is 114 cm³/mol. The van der Waals surface area contributed by atoms with Gasteiger partial charge in [-0.2, -0.15) is 0 Å². The van der Waals surface area contributed by atoms with Gasteiger partial charge < -0.3 is 18.9 Å². The normalized spacial score (nSPS) is 11.7. The van der Waals surface area contributed by atoms with Gasteiger partial charge in [0.25, 0.3) is 0 Å². The Hall–Kier alpha value is -0.580. The Morgan fingerprint density at radius 2 is 1.33 bits per heavy atom. The molecule has 27 heavy (non-hydrogen) atoms. The summed E-state index contributed by atoms with van der Waals surface area (Å²) < 4.78 is 22.3. The molecule has 0 saturated heterocycles. The van der Waals surface area contributed by atoms with Crippen LogP contribution in [0.25, 0.3) is 0 Å². The first kappa shape index (κ1) is 26.4. The molecule has 0 bridgehead atoms. The molecule has 0 atom stereocenters. The molecule has 4 heteroatoms. The van der Waals surface area contributed by atoms with Crippen LogP contribution in [0.5, 0.6) is 0 Å². The predicted octanol–water partition coefficient (Wildman–Crippen LogP) is 6.98. The van der Waals surface area contributed by atoms with Gasteiger partial charge >= 0.3 is 0 Å². The van der Waals surface area contributed by atoms with E-state index in [9.17, 15) is 0 Å². The zero-order chi connectivity index (χ0) is 19.8. The van der Waals surface area contributed by atoms with Gasteiger partial charge in [-0.1, -0.05) is 59.3 Å². The van der Waals surface area contributed by atoms with Gasteiger partial charge in [-0.15, -0.1) is 0 Å². The second-order valence-corrected chi connectivity index (χ2v) is 7.14. The summed E-state index contributed by atoms with van der Waals surface area (Å²) in [5, 5.41) is 0. The third kappa shape index (κ3) is 21.6. The molecule has 0 unspecified atom stereocenters. The lowest BCUT2D eigenvalue weighted by atomic mass is 10.1. The van der Waals surface area contributed by atoms with Crippen LogP contribution in [0, 0.1) is 0 Å². The van der Waals surface area contributed by atoms with Gasteiger partial charge in [0.2, 0.25) is 0 Å². The maximum atomic E-state index is 5.74. The molecule has 0 saturated carbocycles. The number of unbranched alkanes of at least 4 members (excludes halogenated alkanes) is 8. The van der Waals surface area contributed by atoms with Crippen molar-refractivity contribution in [3.8, 4) is 0 Å². The van der Waals surface area contributed by atoms with E-state index in [1.54, 1.807) is 6.26 Å². The smallest absolute Gasteiger partial charge is 0.188 e. The lowest BCUT2D eigenvalue weighted by Gasteiger charge is -2.17. The van der Waals surface area contributed by atoms with Crippen LogP contribution in [0.15, 0.2) is 12.3 Å². The highest BCUT2D eigenvalue weighted by Crippen LogP contribution is 2.10. The third-order valence-electron chi connectivity index (χ3n) is 4.31. The molecule has 0 aromatic rings. The molecule has 0 aromatic carbocycles. The van der Waals surface area contributed by atoms with E-state index in [0.717, 1.165) is 64.8 Å². The van der Waals surface area contributed by atoms with Crippen LogP contribution >= 0.6 is 0 Å². The molecule has 0 aliphatic rings. The SMILES string of the molecule is CCCCCCCCCOCOC=CCCCCC(OCCC)OCCC. The van der Waals surface area contributed by atoms with Crippen molar-refractivity contribution >= 4 is 0 Å². The monoisotopic (exact) mass is 386 g/mol. The molecule has 162 valence electrons. The maximum absolute atomic E-state index is 5.74. The van der Waals surface area contributed by atoms with Crippen LogP contribution in [0.2, 0.25) is 0 Å². The van der Waals surface area contributed by atoms with Crippen molar-refractivity contribution in [3.05, 3.63) is 12.3 Å². The van der Waals surface area contributed by atoms with Crippen LogP contribution in [-0.4, -0.2) is 32.9 Å². The zero-order valence-electron chi connectivity index (χ0n) is 18.4. The molecule has 0 spiro atoms. The van der Waals surface area contributed by atoms with E-state index >= 15 is 0 Å². The summed E-state index contributed by atoms with van der Waals surface area (Å²) in [4.78, 5) is 0. The summed E-state index contributed by atoms with van der Waals surface area (Å²) in [7, 11) is 0. The summed E-state index contributed by atoms with van der Waals surface area (Å²) in [5.41, 5.74) is 0. The van der Waals surface area contributed by atoms with E-state index in [1.807, 2.05) is 0 Å². The van der Waals surface area contributed by atoms with E-state index in [-0.39, 0.29) is 6.29 Å². The van der Waals surface area contributed by atoms with Gasteiger partial charge in [0.1, 0.15) is 0 Å². The Balaban J connectivity index is 3.36. The second kappa shape index (κ2) is 23.5. The van der Waals surface area contributed by atoms with Gasteiger partial charge in [-0.25, -0.2) is 0 Å². The van der Waals surface area contributed by atoms with Crippen molar-refractivity contribution in [2.24, 2.45) is 0 Å². The highest BCUT2D eigenvalue weighted by atomic mass is 16.7. The van der Waals surface area contributed by atoms with Crippen LogP contribution in [0.4, 0.5) is 0 Å². The molecule has 0 amide bonds. The van der Waals surface area contributed by atoms with Crippen molar-refractivity contribution in [2.75, 3.05) is 26.6 Å². The number of ether oxygens (including phenoxy) is 4. The van der Waals surface area contributed by atoms with Crippen molar-refractivity contribution in [1.82, 2.24) is 0 Å². The van der Waals surface area contributed by atoms with E-state index < -0.39 is 0 Å². The summed E-state index contributed by atoms with van der Waals surface area (Å²) in [6.45, 7) is 9.23. The Labute approximate surface area is 169 Å². The van der Waals surface area contributed by atoms with E-state index in [0.29, 0.717) is 6.79 Å². The lowest BCUT2D eigenvalue weighted by molar-refractivity contribution is -0.146. The molecular formula is C23H46O4. The molecule has 0 N–H and O–H groups in total. The minimum absolute atomic E-state index is 0.0369. The van der Waals surface area contributed by atoms with Crippen molar-refractivity contribution in [1.29, 1.82) is 0 Å². The zero-order valence-corrected chi connectivity index (χ0v) is 18.4. The van der Waals surface area contributed by atoms with E-state index in [1.165, 1.54) is 38.5 Å². The highest BCUT2D eigenvalue weighted by Gasteiger charge is 2.07. The average Bonchev–Trinajstić information content (AvgIpc) is 2.69. The minimum Gasteiger partial charge on any atom is -0.475 e. The molecular weight excluding hydrogens is 340 g/mol. The summed E-state index contributed by atoms with van der Waals surface area (Å²) in [6.07, 6.45) is 19.3. The molecule has 0 rings (SSSR count). The first-order chi connectivity index (χ1) is 13.3. The number of hydrogen-bond acceptors (Lipinski definition) is 4. The summed E-state index contributed by atoms with van der Waals surface area (Å²) in [6, 6.07) is 0. The molecule has 0 aromatic heterocycles. The van der Waals surface area contributed by atoms with Gasteiger partial charge in [-0.05, 0) is 51.0 Å². The Morgan fingerprint density at radius 1 is 0.667 bits per heavy atom. The highest BCUT2D eigenvalue weighted by molar-refractivity contribution is 4.72. The van der Waals surface area contributed by atoms with Gasteiger partial charge in [0.15, 0.2) is 13.1 Å². The molecule has 0 heterocycles.